The molecule has 4 heteroatoms. The first kappa shape index (κ1) is 9.51. The summed E-state index contributed by atoms with van der Waals surface area (Å²) >= 11 is 0. The maximum atomic E-state index is 10.6. The monoisotopic (exact) mass is 179 g/mol. The minimum Gasteiger partial charge on any atom is -0.381 e. The number of hydrogen-bond acceptors (Lipinski definition) is 3. The molecule has 0 aliphatic rings. The standard InChI is InChI=1S/C9H13N3O/c1-7(5-9(10)13)12-8-3-2-4-11-6-8/h2-4,6-7,12H,5H2,1H3,(H2,10,13). The Labute approximate surface area is 77.2 Å². The van der Waals surface area contributed by atoms with Gasteiger partial charge >= 0.3 is 0 Å². The Balaban J connectivity index is 2.45. The third kappa shape index (κ3) is 3.55. The minimum absolute atomic E-state index is 0.0432. The Morgan fingerprint density at radius 2 is 2.54 bits per heavy atom. The van der Waals surface area contributed by atoms with E-state index >= 15 is 0 Å². The van der Waals surface area contributed by atoms with Crippen LogP contribution in [-0.4, -0.2) is 16.9 Å². The van der Waals surface area contributed by atoms with Crippen molar-refractivity contribution in [3.63, 3.8) is 0 Å². The Kier molecular flexibility index (Phi) is 3.25. The summed E-state index contributed by atoms with van der Waals surface area (Å²) in [5, 5.41) is 3.11. The number of rotatable bonds is 4. The van der Waals surface area contributed by atoms with Gasteiger partial charge < -0.3 is 11.1 Å². The number of carbonyl (C=O) groups is 1. The first-order valence-corrected chi connectivity index (χ1v) is 4.13. The SMILES string of the molecule is CC(CC(N)=O)Nc1cccnc1. The number of nitrogens with zero attached hydrogens (tertiary/aromatic N) is 1. The molecule has 4 nitrogen and oxygen atoms in total. The second-order valence-electron chi connectivity index (χ2n) is 2.96. The Hall–Kier alpha value is -1.58. The summed E-state index contributed by atoms with van der Waals surface area (Å²) in [6, 6.07) is 3.77. The summed E-state index contributed by atoms with van der Waals surface area (Å²) in [5.41, 5.74) is 5.95. The summed E-state index contributed by atoms with van der Waals surface area (Å²) in [4.78, 5) is 14.5. The number of amides is 1. The molecule has 3 N–H and O–H groups in total. The van der Waals surface area contributed by atoms with Gasteiger partial charge in [-0.15, -0.1) is 0 Å². The van der Waals surface area contributed by atoms with Crippen molar-refractivity contribution in [2.45, 2.75) is 19.4 Å². The van der Waals surface area contributed by atoms with E-state index in [9.17, 15) is 4.79 Å². The van der Waals surface area contributed by atoms with Gasteiger partial charge in [0.15, 0.2) is 0 Å². The lowest BCUT2D eigenvalue weighted by Crippen LogP contribution is -2.23. The molecule has 0 saturated heterocycles. The van der Waals surface area contributed by atoms with Crippen molar-refractivity contribution in [2.24, 2.45) is 5.73 Å². The topological polar surface area (TPSA) is 68.0 Å². The van der Waals surface area contributed by atoms with Crippen LogP contribution in [0, 0.1) is 0 Å². The zero-order valence-corrected chi connectivity index (χ0v) is 7.53. The lowest BCUT2D eigenvalue weighted by atomic mass is 10.2. The highest BCUT2D eigenvalue weighted by molar-refractivity contribution is 5.74. The molecule has 1 aromatic rings. The van der Waals surface area contributed by atoms with E-state index in [-0.39, 0.29) is 11.9 Å². The van der Waals surface area contributed by atoms with Crippen LogP contribution in [0.15, 0.2) is 24.5 Å². The van der Waals surface area contributed by atoms with Crippen molar-refractivity contribution in [3.8, 4) is 0 Å². The van der Waals surface area contributed by atoms with Gasteiger partial charge in [-0.05, 0) is 19.1 Å². The molecule has 0 bridgehead atoms. The molecule has 1 rings (SSSR count). The lowest BCUT2D eigenvalue weighted by Gasteiger charge is -2.12. The molecule has 0 radical (unpaired) electrons. The van der Waals surface area contributed by atoms with E-state index in [4.69, 9.17) is 5.73 Å². The van der Waals surface area contributed by atoms with Crippen molar-refractivity contribution < 1.29 is 4.79 Å². The molecule has 1 atom stereocenters. The summed E-state index contributed by atoms with van der Waals surface area (Å²) in [6.45, 7) is 1.90. The second kappa shape index (κ2) is 4.45. The molecular formula is C9H13N3O. The highest BCUT2D eigenvalue weighted by Crippen LogP contribution is 2.06. The maximum absolute atomic E-state index is 10.6. The van der Waals surface area contributed by atoms with E-state index < -0.39 is 0 Å². The van der Waals surface area contributed by atoms with Gasteiger partial charge in [-0.2, -0.15) is 0 Å². The number of primary amides is 1. The zero-order chi connectivity index (χ0) is 9.68. The Morgan fingerprint density at radius 3 is 3.08 bits per heavy atom. The van der Waals surface area contributed by atoms with Gasteiger partial charge in [0.1, 0.15) is 0 Å². The number of pyridine rings is 1. The van der Waals surface area contributed by atoms with Crippen LogP contribution in [0.5, 0.6) is 0 Å². The molecule has 1 amide bonds. The summed E-state index contributed by atoms with van der Waals surface area (Å²) in [5.74, 6) is -0.302. The number of anilines is 1. The molecule has 0 aliphatic carbocycles. The van der Waals surface area contributed by atoms with Crippen LogP contribution >= 0.6 is 0 Å². The highest BCUT2D eigenvalue weighted by atomic mass is 16.1. The van der Waals surface area contributed by atoms with Crippen LogP contribution in [0.3, 0.4) is 0 Å². The molecule has 1 unspecified atom stereocenters. The lowest BCUT2D eigenvalue weighted by molar-refractivity contribution is -0.118. The first-order valence-electron chi connectivity index (χ1n) is 4.13. The normalized spacial score (nSPS) is 12.1. The van der Waals surface area contributed by atoms with Crippen LogP contribution in [0.2, 0.25) is 0 Å². The van der Waals surface area contributed by atoms with Crippen molar-refractivity contribution in [1.82, 2.24) is 4.98 Å². The average molecular weight is 179 g/mol. The molecule has 13 heavy (non-hydrogen) atoms. The zero-order valence-electron chi connectivity index (χ0n) is 7.53. The van der Waals surface area contributed by atoms with Crippen molar-refractivity contribution in [3.05, 3.63) is 24.5 Å². The number of nitrogens with one attached hydrogen (secondary N) is 1. The van der Waals surface area contributed by atoms with Crippen molar-refractivity contribution >= 4 is 11.6 Å². The summed E-state index contributed by atoms with van der Waals surface area (Å²) in [6.07, 6.45) is 3.73. The first-order chi connectivity index (χ1) is 6.18. The predicted octanol–water partition coefficient (Wildman–Crippen LogP) is 0.757. The summed E-state index contributed by atoms with van der Waals surface area (Å²) < 4.78 is 0. The van der Waals surface area contributed by atoms with Gasteiger partial charge in [0.2, 0.25) is 5.91 Å². The number of carbonyl (C=O) groups excluding carboxylic acids is 1. The van der Waals surface area contributed by atoms with E-state index in [0.717, 1.165) is 5.69 Å². The van der Waals surface area contributed by atoms with Crippen molar-refractivity contribution in [1.29, 1.82) is 0 Å². The average Bonchev–Trinajstić information content (AvgIpc) is 2.04. The van der Waals surface area contributed by atoms with E-state index in [1.807, 2.05) is 19.1 Å². The molecule has 0 spiro atoms. The van der Waals surface area contributed by atoms with Crippen LogP contribution in [0.4, 0.5) is 5.69 Å². The Bertz CT molecular complexity index is 273. The van der Waals surface area contributed by atoms with Crippen LogP contribution in [-0.2, 0) is 4.79 Å². The van der Waals surface area contributed by atoms with Crippen molar-refractivity contribution in [2.75, 3.05) is 5.32 Å². The van der Waals surface area contributed by atoms with Gasteiger partial charge in [-0.3, -0.25) is 9.78 Å². The smallest absolute Gasteiger partial charge is 0.219 e. The van der Waals surface area contributed by atoms with Gasteiger partial charge in [0, 0.05) is 24.9 Å². The molecule has 70 valence electrons. The van der Waals surface area contributed by atoms with E-state index in [1.165, 1.54) is 0 Å². The molecule has 0 aromatic carbocycles. The van der Waals surface area contributed by atoms with E-state index in [2.05, 4.69) is 10.3 Å². The molecule has 1 aromatic heterocycles. The molecule has 0 fully saturated rings. The second-order valence-corrected chi connectivity index (χ2v) is 2.96. The third-order valence-electron chi connectivity index (χ3n) is 1.58. The largest absolute Gasteiger partial charge is 0.381 e. The fourth-order valence-electron chi connectivity index (χ4n) is 1.09. The van der Waals surface area contributed by atoms with E-state index in [0.29, 0.717) is 6.42 Å². The maximum Gasteiger partial charge on any atom is 0.219 e. The molecule has 0 saturated carbocycles. The minimum atomic E-state index is -0.302. The number of hydrogen-bond donors (Lipinski definition) is 2. The Morgan fingerprint density at radius 1 is 1.77 bits per heavy atom. The molecular weight excluding hydrogens is 166 g/mol. The van der Waals surface area contributed by atoms with Gasteiger partial charge in [0.05, 0.1) is 5.69 Å². The van der Waals surface area contributed by atoms with Crippen LogP contribution < -0.4 is 11.1 Å². The van der Waals surface area contributed by atoms with E-state index in [1.54, 1.807) is 12.4 Å². The van der Waals surface area contributed by atoms with Gasteiger partial charge in [-0.1, -0.05) is 0 Å². The quantitative estimate of drug-likeness (QED) is 0.717. The number of nitrogens with two attached hydrogens (primary N) is 1. The van der Waals surface area contributed by atoms with Gasteiger partial charge in [-0.25, -0.2) is 0 Å². The molecule has 1 heterocycles. The van der Waals surface area contributed by atoms with Crippen LogP contribution in [0.25, 0.3) is 0 Å². The predicted molar refractivity (Wildman–Crippen MR) is 51.1 cm³/mol. The number of aromatic nitrogens is 1. The third-order valence-corrected chi connectivity index (χ3v) is 1.58. The van der Waals surface area contributed by atoms with Crippen LogP contribution in [0.1, 0.15) is 13.3 Å². The molecule has 0 aliphatic heterocycles. The fraction of sp³-hybridized carbons (Fsp3) is 0.333. The fourth-order valence-corrected chi connectivity index (χ4v) is 1.09. The van der Waals surface area contributed by atoms with Gasteiger partial charge in [0.25, 0.3) is 0 Å². The summed E-state index contributed by atoms with van der Waals surface area (Å²) in [7, 11) is 0. The highest BCUT2D eigenvalue weighted by Gasteiger charge is 2.04.